The Bertz CT molecular complexity index is 2120. The number of fused-ring (bicyclic) bond motifs is 3. The highest BCUT2D eigenvalue weighted by Gasteiger charge is 2.55. The van der Waals surface area contributed by atoms with Crippen LogP contribution in [-0.4, -0.2) is 0 Å². The van der Waals surface area contributed by atoms with Crippen molar-refractivity contribution >= 4 is 15.6 Å². The molecule has 44 heavy (non-hydrogen) atoms. The highest BCUT2D eigenvalue weighted by molar-refractivity contribution is 7.50. The fourth-order valence-electron chi connectivity index (χ4n) is 5.51. The van der Waals surface area contributed by atoms with Crippen molar-refractivity contribution in [3.8, 4) is 79.4 Å². The van der Waals surface area contributed by atoms with E-state index < -0.39 is 15.6 Å². The lowest BCUT2D eigenvalue weighted by molar-refractivity contribution is -0.191. The van der Waals surface area contributed by atoms with Gasteiger partial charge in [-0.3, -0.25) is 0 Å². The SMILES string of the molecule is Cc1ccc(Oc2c3c4c(c(-c5ccccc5)c2-c2ccccc2)OOP(=O)(OO3)Oc2c-4cc3c4c2OP(=O)(O3)O4)cc1. The summed E-state index contributed by atoms with van der Waals surface area (Å²) in [7, 11) is -8.61. The van der Waals surface area contributed by atoms with Crippen molar-refractivity contribution in [1.82, 2.24) is 0 Å². The molecule has 0 amide bonds. The number of hydrogen-bond acceptors (Lipinski definition) is 11. The third-order valence-corrected chi connectivity index (χ3v) is 9.55. The maximum absolute atomic E-state index is 13.9. The fraction of sp³-hybridized carbons (Fsp3) is 0.0323. The summed E-state index contributed by atoms with van der Waals surface area (Å²) in [5.41, 5.74) is 4.13. The largest absolute Gasteiger partial charge is 0.647 e. The molecule has 5 aliphatic heterocycles. The molecule has 10 rings (SSSR count). The summed E-state index contributed by atoms with van der Waals surface area (Å²) >= 11 is 0. The van der Waals surface area contributed by atoms with Crippen LogP contribution < -0.4 is 32.6 Å². The van der Waals surface area contributed by atoms with Gasteiger partial charge in [0.25, 0.3) is 0 Å². The number of hydrogen-bond donors (Lipinski definition) is 0. The van der Waals surface area contributed by atoms with Gasteiger partial charge >= 0.3 is 15.6 Å². The minimum absolute atomic E-state index is 0.0146. The number of aryl methyl sites for hydroxylation is 1. The molecule has 5 aromatic carbocycles. The molecule has 5 aromatic rings. The summed E-state index contributed by atoms with van der Waals surface area (Å²) in [5.74, 6) is 0.864. The monoisotopic (exact) mass is 628 g/mol. The fourth-order valence-corrected chi connectivity index (χ4v) is 7.60. The van der Waals surface area contributed by atoms with Gasteiger partial charge in [-0.25, -0.2) is 4.57 Å². The third kappa shape index (κ3) is 3.77. The maximum Gasteiger partial charge on any atom is 0.647 e. The van der Waals surface area contributed by atoms with Crippen molar-refractivity contribution < 1.29 is 51.1 Å². The summed E-state index contributed by atoms with van der Waals surface area (Å²) in [6.07, 6.45) is 0. The zero-order valence-corrected chi connectivity index (χ0v) is 24.3. The Labute approximate surface area is 249 Å². The minimum Gasteiger partial charge on any atom is -0.453 e. The summed E-state index contributed by atoms with van der Waals surface area (Å²) in [6.45, 7) is 1.97. The zero-order chi connectivity index (χ0) is 29.6. The number of ether oxygens (including phenoxy) is 1. The third-order valence-electron chi connectivity index (χ3n) is 7.40. The van der Waals surface area contributed by atoms with E-state index in [1.807, 2.05) is 91.9 Å². The van der Waals surface area contributed by atoms with Gasteiger partial charge in [0.2, 0.25) is 17.2 Å². The molecule has 11 nitrogen and oxygen atoms in total. The van der Waals surface area contributed by atoms with Crippen LogP contribution in [0.15, 0.2) is 91.0 Å². The molecular formula is C31H18O11P2. The summed E-state index contributed by atoms with van der Waals surface area (Å²) in [6, 6.07) is 27.9. The predicted molar refractivity (Wildman–Crippen MR) is 155 cm³/mol. The Kier molecular flexibility index (Phi) is 5.26. The van der Waals surface area contributed by atoms with Crippen LogP contribution in [0.3, 0.4) is 0 Å². The van der Waals surface area contributed by atoms with Crippen LogP contribution in [0, 0.1) is 6.92 Å². The van der Waals surface area contributed by atoms with Crippen LogP contribution in [0.1, 0.15) is 5.56 Å². The molecule has 0 saturated carbocycles. The second-order valence-corrected chi connectivity index (χ2v) is 13.1. The standard InChI is InChI=1S/C31H18O11P2/c1-17-12-14-20(15-13-17)34-29-24(19-10-6-3-7-11-19)23(18-8-4-2-5-9-18)28-25-21-16-22-27-31(40-43(32,37-22)39-27)26(21)38-44(33,41-35-28)42-36-30(25)29/h2-16H,1H3. The van der Waals surface area contributed by atoms with Crippen LogP contribution in [0.5, 0.6) is 46.0 Å². The van der Waals surface area contributed by atoms with Crippen LogP contribution in [0.25, 0.3) is 33.4 Å². The molecule has 0 aromatic heterocycles. The zero-order valence-electron chi connectivity index (χ0n) is 22.5. The van der Waals surface area contributed by atoms with Gasteiger partial charge in [-0.2, -0.15) is 4.57 Å². The first-order valence-electron chi connectivity index (χ1n) is 13.4. The molecular weight excluding hydrogens is 610 g/mol. The second kappa shape index (κ2) is 9.05. The summed E-state index contributed by atoms with van der Waals surface area (Å²) in [4.78, 5) is 11.7. The lowest BCUT2D eigenvalue weighted by Gasteiger charge is -2.31. The van der Waals surface area contributed by atoms with Crippen LogP contribution in [-0.2, 0) is 18.5 Å². The van der Waals surface area contributed by atoms with Crippen molar-refractivity contribution in [2.24, 2.45) is 0 Å². The van der Waals surface area contributed by atoms with Gasteiger partial charge in [0, 0.05) is 16.7 Å². The van der Waals surface area contributed by atoms with Gasteiger partial charge < -0.3 is 32.6 Å². The molecule has 5 heterocycles. The number of phosphoric ester groups is 1. The lowest BCUT2D eigenvalue weighted by atomic mass is 9.87. The topological polar surface area (TPSA) is 117 Å². The van der Waals surface area contributed by atoms with Gasteiger partial charge in [0.05, 0.1) is 5.56 Å². The van der Waals surface area contributed by atoms with Crippen molar-refractivity contribution in [3.63, 3.8) is 0 Å². The molecule has 0 saturated heterocycles. The Morgan fingerprint density at radius 2 is 1.18 bits per heavy atom. The molecule has 2 atom stereocenters. The number of rotatable bonds is 4. The Morgan fingerprint density at radius 1 is 0.568 bits per heavy atom. The normalized spacial score (nSPS) is 21.2. The van der Waals surface area contributed by atoms with E-state index in [1.54, 1.807) is 0 Å². The first-order valence-corrected chi connectivity index (χ1v) is 16.3. The van der Waals surface area contributed by atoms with Gasteiger partial charge in [-0.1, -0.05) is 87.7 Å². The molecule has 218 valence electrons. The van der Waals surface area contributed by atoms with E-state index in [0.717, 1.165) is 16.7 Å². The maximum atomic E-state index is 13.9. The van der Waals surface area contributed by atoms with Crippen LogP contribution in [0.2, 0.25) is 0 Å². The molecule has 6 bridgehead atoms. The number of benzene rings is 5. The van der Waals surface area contributed by atoms with Gasteiger partial charge in [-0.15, -0.1) is 0 Å². The van der Waals surface area contributed by atoms with E-state index in [2.05, 4.69) is 0 Å². The van der Waals surface area contributed by atoms with Crippen molar-refractivity contribution in [3.05, 3.63) is 96.6 Å². The molecule has 2 unspecified atom stereocenters. The molecule has 0 radical (unpaired) electrons. The van der Waals surface area contributed by atoms with E-state index in [0.29, 0.717) is 16.9 Å². The smallest absolute Gasteiger partial charge is 0.453 e. The quantitative estimate of drug-likeness (QED) is 0.140. The van der Waals surface area contributed by atoms with E-state index in [-0.39, 0.29) is 51.4 Å². The minimum atomic E-state index is -4.67. The van der Waals surface area contributed by atoms with Crippen molar-refractivity contribution in [1.29, 1.82) is 0 Å². The highest BCUT2D eigenvalue weighted by atomic mass is 31.2. The predicted octanol–water partition coefficient (Wildman–Crippen LogP) is 9.19. The van der Waals surface area contributed by atoms with E-state index >= 15 is 0 Å². The molecule has 0 fully saturated rings. The molecule has 0 aliphatic carbocycles. The van der Waals surface area contributed by atoms with Crippen LogP contribution >= 0.6 is 15.6 Å². The summed E-state index contributed by atoms with van der Waals surface area (Å²) < 4.78 is 66.1. The van der Waals surface area contributed by atoms with Gasteiger partial charge in [0.1, 0.15) is 5.75 Å². The first kappa shape index (κ1) is 25.6. The molecule has 0 N–H and O–H groups in total. The van der Waals surface area contributed by atoms with Crippen molar-refractivity contribution in [2.75, 3.05) is 0 Å². The number of phosphoric acid groups is 2. The van der Waals surface area contributed by atoms with E-state index in [4.69, 9.17) is 42.0 Å². The average molecular weight is 628 g/mol. The highest BCUT2D eigenvalue weighted by Crippen LogP contribution is 2.76. The van der Waals surface area contributed by atoms with E-state index in [9.17, 15) is 9.13 Å². The van der Waals surface area contributed by atoms with Gasteiger partial charge in [0.15, 0.2) is 23.0 Å². The molecule has 0 spiro atoms. The van der Waals surface area contributed by atoms with Gasteiger partial charge in [-0.05, 0) is 36.2 Å². The summed E-state index contributed by atoms with van der Waals surface area (Å²) in [5, 5.41) is 0. The molecule has 13 heteroatoms. The lowest BCUT2D eigenvalue weighted by Crippen LogP contribution is -2.17. The van der Waals surface area contributed by atoms with Crippen molar-refractivity contribution in [2.45, 2.75) is 6.92 Å². The molecule has 5 aliphatic rings. The van der Waals surface area contributed by atoms with Crippen LogP contribution in [0.4, 0.5) is 0 Å². The first-order chi connectivity index (χ1) is 21.4. The average Bonchev–Trinajstić information content (AvgIpc) is 3.55. The second-order valence-electron chi connectivity index (χ2n) is 10.2. The van der Waals surface area contributed by atoms with E-state index in [1.165, 1.54) is 6.07 Å². The Balaban J connectivity index is 1.44. The Hall–Kier alpha value is -4.92. The Morgan fingerprint density at radius 3 is 1.86 bits per heavy atom.